The maximum atomic E-state index is 6.38. The first-order valence-corrected chi connectivity index (χ1v) is 24.0. The molecule has 0 amide bonds. The monoisotopic (exact) mass is 898 g/mol. The summed E-state index contributed by atoms with van der Waals surface area (Å²) in [5.41, 5.74) is 14.5. The summed E-state index contributed by atoms with van der Waals surface area (Å²) in [7, 11) is 0. The Morgan fingerprint density at radius 3 is 1.68 bits per heavy atom. The first-order chi connectivity index (χ1) is 34.2. The van der Waals surface area contributed by atoms with Crippen molar-refractivity contribution in [1.29, 1.82) is 0 Å². The molecule has 5 nitrogen and oxygen atoms in total. The molecule has 14 rings (SSSR count). The minimum absolute atomic E-state index is 0.530. The van der Waals surface area contributed by atoms with E-state index in [2.05, 4.69) is 199 Å². The summed E-state index contributed by atoms with van der Waals surface area (Å²) >= 11 is 1.85. The predicted octanol–water partition coefficient (Wildman–Crippen LogP) is 17.2. The lowest BCUT2D eigenvalue weighted by atomic mass is 9.93. The van der Waals surface area contributed by atoms with Crippen LogP contribution in [0.15, 0.2) is 235 Å². The second-order valence-electron chi connectivity index (χ2n) is 17.6. The highest BCUT2D eigenvalue weighted by molar-refractivity contribution is 7.25. The molecule has 0 atom stereocenters. The third-order valence-electron chi connectivity index (χ3n) is 13.4. The molecule has 0 bridgehead atoms. The van der Waals surface area contributed by atoms with E-state index in [1.165, 1.54) is 31.3 Å². The van der Waals surface area contributed by atoms with Gasteiger partial charge in [0.2, 0.25) is 5.95 Å². The maximum absolute atomic E-state index is 6.38. The molecule has 0 unspecified atom stereocenters. The van der Waals surface area contributed by atoms with Gasteiger partial charge < -0.3 is 4.42 Å². The summed E-state index contributed by atoms with van der Waals surface area (Å²) < 4.78 is 11.2. The lowest BCUT2D eigenvalue weighted by Crippen LogP contribution is -2.07. The van der Waals surface area contributed by atoms with Crippen molar-refractivity contribution < 1.29 is 4.42 Å². The van der Waals surface area contributed by atoms with E-state index in [9.17, 15) is 0 Å². The van der Waals surface area contributed by atoms with Gasteiger partial charge in [0.05, 0.1) is 11.0 Å². The van der Waals surface area contributed by atoms with Crippen LogP contribution in [-0.2, 0) is 0 Å². The molecule has 4 heterocycles. The standard InChI is InChI=1S/C63H38N4OS/c1-3-15-39(16-4-1)47-36-52(45-22-14-21-43(34-45)41-19-13-20-42(33-41)44-30-32-59-53(35-44)51-25-9-12-28-58(51)69-59)60-54(37-47)48-23-7-10-26-55(48)67(60)63-65-61(40-17-5-2-6-18-40)64-62(66-63)46-29-31-50-49-24-8-11-27-56(49)68-57(50)38-46/h1-38H. The Kier molecular flexibility index (Phi) is 9.00. The molecular formula is C63H38N4OS. The number of thiophene rings is 1. The van der Waals surface area contributed by atoms with E-state index < -0.39 is 0 Å². The number of furan rings is 1. The van der Waals surface area contributed by atoms with Gasteiger partial charge in [-0.1, -0.05) is 164 Å². The molecule has 0 aliphatic carbocycles. The Balaban J connectivity index is 0.980. The van der Waals surface area contributed by atoms with Crippen LogP contribution in [0.4, 0.5) is 0 Å². The molecule has 0 saturated carbocycles. The molecule has 0 spiro atoms. The zero-order valence-corrected chi connectivity index (χ0v) is 37.9. The SMILES string of the molecule is c1ccc(-c2cc(-c3cccc(-c4cccc(-c5ccc6sc7ccccc7c6c5)c4)c3)c3c(c2)c2ccccc2n3-c2nc(-c3ccccc3)nc(-c3ccc4c(c3)oc3ccccc34)n2)cc1. The number of para-hydroxylation sites is 2. The van der Waals surface area contributed by atoms with Crippen LogP contribution in [0.2, 0.25) is 0 Å². The highest BCUT2D eigenvalue weighted by Gasteiger charge is 2.23. The van der Waals surface area contributed by atoms with Gasteiger partial charge in [-0.2, -0.15) is 9.97 Å². The maximum Gasteiger partial charge on any atom is 0.238 e. The Bertz CT molecular complexity index is 4320. The molecule has 0 aliphatic rings. The second kappa shape index (κ2) is 15.8. The molecule has 4 aromatic heterocycles. The largest absolute Gasteiger partial charge is 0.456 e. The number of rotatable bonds is 7. The quantitative estimate of drug-likeness (QED) is 0.160. The van der Waals surface area contributed by atoms with Crippen molar-refractivity contribution in [1.82, 2.24) is 19.5 Å². The summed E-state index contributed by atoms with van der Waals surface area (Å²) in [6.07, 6.45) is 0. The molecule has 6 heteroatoms. The van der Waals surface area contributed by atoms with Gasteiger partial charge in [-0.25, -0.2) is 4.98 Å². The first-order valence-electron chi connectivity index (χ1n) is 23.2. The van der Waals surface area contributed by atoms with Crippen LogP contribution >= 0.6 is 11.3 Å². The van der Waals surface area contributed by atoms with Crippen molar-refractivity contribution in [3.63, 3.8) is 0 Å². The van der Waals surface area contributed by atoms with E-state index in [0.717, 1.165) is 88.3 Å². The van der Waals surface area contributed by atoms with Crippen LogP contribution in [0, 0.1) is 0 Å². The van der Waals surface area contributed by atoms with E-state index in [1.807, 2.05) is 47.7 Å². The second-order valence-corrected chi connectivity index (χ2v) is 18.7. The van der Waals surface area contributed by atoms with Crippen LogP contribution in [0.5, 0.6) is 0 Å². The average molecular weight is 899 g/mol. The number of hydrogen-bond acceptors (Lipinski definition) is 5. The molecule has 0 radical (unpaired) electrons. The molecule has 0 saturated heterocycles. The van der Waals surface area contributed by atoms with E-state index in [1.54, 1.807) is 0 Å². The van der Waals surface area contributed by atoms with Gasteiger partial charge in [0.25, 0.3) is 0 Å². The van der Waals surface area contributed by atoms with E-state index in [0.29, 0.717) is 17.6 Å². The molecular weight excluding hydrogens is 861 g/mol. The number of aromatic nitrogens is 4. The fourth-order valence-electron chi connectivity index (χ4n) is 10.1. The smallest absolute Gasteiger partial charge is 0.238 e. The van der Waals surface area contributed by atoms with Gasteiger partial charge in [0, 0.05) is 58.4 Å². The summed E-state index contributed by atoms with van der Waals surface area (Å²) in [4.78, 5) is 15.9. The average Bonchev–Trinajstić information content (AvgIpc) is 4.10. The molecule has 322 valence electrons. The third kappa shape index (κ3) is 6.64. The summed E-state index contributed by atoms with van der Waals surface area (Å²) in [6, 6.07) is 81.9. The van der Waals surface area contributed by atoms with Gasteiger partial charge in [-0.05, 0) is 106 Å². The van der Waals surface area contributed by atoms with Crippen molar-refractivity contribution in [2.75, 3.05) is 0 Å². The Morgan fingerprint density at radius 1 is 0.319 bits per heavy atom. The van der Waals surface area contributed by atoms with Crippen LogP contribution in [0.25, 0.3) is 137 Å². The molecule has 0 aliphatic heterocycles. The number of nitrogens with zero attached hydrogens (tertiary/aromatic N) is 4. The molecule has 0 N–H and O–H groups in total. The van der Waals surface area contributed by atoms with Gasteiger partial charge in [0.1, 0.15) is 11.2 Å². The normalized spacial score (nSPS) is 11.8. The third-order valence-corrected chi connectivity index (χ3v) is 14.6. The Hall–Kier alpha value is -8.97. The van der Waals surface area contributed by atoms with Crippen LogP contribution < -0.4 is 0 Å². The van der Waals surface area contributed by atoms with Crippen molar-refractivity contribution in [2.45, 2.75) is 0 Å². The summed E-state index contributed by atoms with van der Waals surface area (Å²) in [5.74, 6) is 1.67. The Labute approximate surface area is 400 Å². The van der Waals surface area contributed by atoms with Crippen LogP contribution in [-0.4, -0.2) is 19.5 Å². The van der Waals surface area contributed by atoms with Gasteiger partial charge in [0.15, 0.2) is 11.6 Å². The number of hydrogen-bond donors (Lipinski definition) is 0. The fourth-order valence-corrected chi connectivity index (χ4v) is 11.2. The van der Waals surface area contributed by atoms with Crippen molar-refractivity contribution >= 4 is 75.3 Å². The molecule has 0 fully saturated rings. The molecule has 10 aromatic carbocycles. The highest BCUT2D eigenvalue weighted by Crippen LogP contribution is 2.43. The fraction of sp³-hybridized carbons (Fsp3) is 0. The van der Waals surface area contributed by atoms with E-state index in [-0.39, 0.29) is 0 Å². The zero-order valence-electron chi connectivity index (χ0n) is 37.0. The molecule has 69 heavy (non-hydrogen) atoms. The predicted molar refractivity (Wildman–Crippen MR) is 287 cm³/mol. The Morgan fingerprint density at radius 2 is 0.884 bits per heavy atom. The minimum Gasteiger partial charge on any atom is -0.456 e. The van der Waals surface area contributed by atoms with Crippen LogP contribution in [0.3, 0.4) is 0 Å². The van der Waals surface area contributed by atoms with Crippen molar-refractivity contribution in [3.05, 3.63) is 231 Å². The van der Waals surface area contributed by atoms with E-state index in [4.69, 9.17) is 19.4 Å². The van der Waals surface area contributed by atoms with Crippen molar-refractivity contribution in [3.8, 4) is 73.2 Å². The summed E-state index contributed by atoms with van der Waals surface area (Å²) in [6.45, 7) is 0. The number of fused-ring (bicyclic) bond motifs is 9. The van der Waals surface area contributed by atoms with Crippen molar-refractivity contribution in [2.24, 2.45) is 0 Å². The number of benzene rings is 10. The highest BCUT2D eigenvalue weighted by atomic mass is 32.1. The van der Waals surface area contributed by atoms with Crippen LogP contribution in [0.1, 0.15) is 0 Å². The lowest BCUT2D eigenvalue weighted by Gasteiger charge is -2.15. The topological polar surface area (TPSA) is 56.7 Å². The van der Waals surface area contributed by atoms with Gasteiger partial charge in [-0.15, -0.1) is 11.3 Å². The van der Waals surface area contributed by atoms with E-state index >= 15 is 0 Å². The lowest BCUT2D eigenvalue weighted by molar-refractivity contribution is 0.669. The van der Waals surface area contributed by atoms with Gasteiger partial charge in [-0.3, -0.25) is 4.57 Å². The zero-order chi connectivity index (χ0) is 45.4. The molecule has 14 aromatic rings. The summed E-state index contributed by atoms with van der Waals surface area (Å²) in [5, 5.41) is 6.95. The minimum atomic E-state index is 0.530. The first kappa shape index (κ1) is 39.2. The van der Waals surface area contributed by atoms with Gasteiger partial charge >= 0.3 is 0 Å².